The van der Waals surface area contributed by atoms with Crippen LogP contribution in [-0.4, -0.2) is 29.2 Å². The number of methoxy groups -OCH3 is 1. The van der Waals surface area contributed by atoms with E-state index in [2.05, 4.69) is 15.3 Å². The predicted molar refractivity (Wildman–Crippen MR) is 66.0 cm³/mol. The minimum atomic E-state index is -0.184. The Bertz CT molecular complexity index is 355. The number of nitrogens with zero attached hydrogens (tertiary/aromatic N) is 2. The van der Waals surface area contributed by atoms with Crippen molar-refractivity contribution in [1.29, 1.82) is 0 Å². The van der Waals surface area contributed by atoms with Crippen molar-refractivity contribution in [3.05, 3.63) is 17.0 Å². The van der Waals surface area contributed by atoms with Crippen LogP contribution in [0.3, 0.4) is 0 Å². The molecule has 0 aromatic carbocycles. The second-order valence-corrected chi connectivity index (χ2v) is 4.65. The van der Waals surface area contributed by atoms with Gasteiger partial charge in [0.25, 0.3) is 0 Å². The molecule has 1 aromatic heterocycles. The molecule has 1 rings (SSSR count). The monoisotopic (exact) mass is 243 g/mol. The first-order chi connectivity index (χ1) is 7.50. The molecule has 4 nitrogen and oxygen atoms in total. The highest BCUT2D eigenvalue weighted by molar-refractivity contribution is 6.30. The second kappa shape index (κ2) is 5.46. The Morgan fingerprint density at radius 3 is 2.69 bits per heavy atom. The summed E-state index contributed by atoms with van der Waals surface area (Å²) in [6.45, 7) is 6.72. The van der Waals surface area contributed by atoms with E-state index < -0.39 is 0 Å². The zero-order valence-corrected chi connectivity index (χ0v) is 10.9. The minimum absolute atomic E-state index is 0.184. The molecule has 0 saturated carbocycles. The van der Waals surface area contributed by atoms with Gasteiger partial charge in [-0.1, -0.05) is 18.5 Å². The summed E-state index contributed by atoms with van der Waals surface area (Å²) in [5, 5.41) is 3.83. The van der Waals surface area contributed by atoms with Crippen LogP contribution < -0.4 is 5.32 Å². The van der Waals surface area contributed by atoms with Gasteiger partial charge in [0.2, 0.25) is 0 Å². The molecule has 0 aliphatic rings. The highest BCUT2D eigenvalue weighted by Gasteiger charge is 2.20. The molecule has 0 unspecified atom stereocenters. The molecule has 0 aliphatic carbocycles. The topological polar surface area (TPSA) is 47.0 Å². The van der Waals surface area contributed by atoms with Gasteiger partial charge in [-0.2, -0.15) is 0 Å². The smallest absolute Gasteiger partial charge is 0.137 e. The molecule has 0 spiro atoms. The molecular weight excluding hydrogens is 226 g/mol. The van der Waals surface area contributed by atoms with Crippen LogP contribution in [-0.2, 0) is 11.2 Å². The number of hydrogen-bond donors (Lipinski definition) is 1. The summed E-state index contributed by atoms with van der Waals surface area (Å²) in [6, 6.07) is 0. The lowest BCUT2D eigenvalue weighted by Crippen LogP contribution is -2.36. The maximum absolute atomic E-state index is 6.01. The zero-order valence-electron chi connectivity index (χ0n) is 10.2. The normalized spacial score (nSPS) is 11.6. The Kier molecular flexibility index (Phi) is 4.50. The van der Waals surface area contributed by atoms with E-state index in [1.54, 1.807) is 7.11 Å². The van der Waals surface area contributed by atoms with Gasteiger partial charge in [-0.25, -0.2) is 9.97 Å². The predicted octanol–water partition coefficient (Wildman–Crippen LogP) is 2.53. The van der Waals surface area contributed by atoms with E-state index in [1.165, 1.54) is 6.33 Å². The van der Waals surface area contributed by atoms with Crippen LogP contribution in [0.5, 0.6) is 0 Å². The molecule has 0 saturated heterocycles. The standard InChI is InChI=1S/C11H18ClN3O/c1-5-8-9(12)13-7-14-10(8)15-11(2,3)6-16-4/h7H,5-6H2,1-4H3,(H,13,14,15). The van der Waals surface area contributed by atoms with Gasteiger partial charge < -0.3 is 10.1 Å². The fourth-order valence-electron chi connectivity index (χ4n) is 1.53. The minimum Gasteiger partial charge on any atom is -0.382 e. The number of rotatable bonds is 5. The molecular formula is C11H18ClN3O. The average Bonchev–Trinajstić information content (AvgIpc) is 2.17. The summed E-state index contributed by atoms with van der Waals surface area (Å²) in [4.78, 5) is 8.19. The van der Waals surface area contributed by atoms with E-state index in [0.29, 0.717) is 11.8 Å². The van der Waals surface area contributed by atoms with Crippen molar-refractivity contribution >= 4 is 17.4 Å². The Morgan fingerprint density at radius 1 is 1.44 bits per heavy atom. The van der Waals surface area contributed by atoms with Gasteiger partial charge in [-0.15, -0.1) is 0 Å². The highest BCUT2D eigenvalue weighted by atomic mass is 35.5. The fourth-order valence-corrected chi connectivity index (χ4v) is 1.80. The van der Waals surface area contributed by atoms with Gasteiger partial charge in [-0.05, 0) is 20.3 Å². The SMILES string of the molecule is CCc1c(Cl)ncnc1NC(C)(C)COC. The lowest BCUT2D eigenvalue weighted by atomic mass is 10.1. The molecule has 0 radical (unpaired) electrons. The third-order valence-corrected chi connectivity index (χ3v) is 2.53. The van der Waals surface area contributed by atoms with Gasteiger partial charge in [-0.3, -0.25) is 0 Å². The third-order valence-electron chi connectivity index (χ3n) is 2.21. The summed E-state index contributed by atoms with van der Waals surface area (Å²) < 4.78 is 5.14. The molecule has 0 aliphatic heterocycles. The number of anilines is 1. The number of hydrogen-bond acceptors (Lipinski definition) is 4. The Balaban J connectivity index is 2.92. The quantitative estimate of drug-likeness (QED) is 0.808. The van der Waals surface area contributed by atoms with Crippen molar-refractivity contribution in [2.24, 2.45) is 0 Å². The first kappa shape index (κ1) is 13.2. The van der Waals surface area contributed by atoms with E-state index in [9.17, 15) is 0 Å². The molecule has 1 N–H and O–H groups in total. The van der Waals surface area contributed by atoms with Crippen LogP contribution in [0.1, 0.15) is 26.3 Å². The molecule has 5 heteroatoms. The largest absolute Gasteiger partial charge is 0.382 e. The van der Waals surface area contributed by atoms with Gasteiger partial charge in [0.05, 0.1) is 12.1 Å². The Labute approximate surface area is 101 Å². The number of halogens is 1. The maximum atomic E-state index is 6.01. The van der Waals surface area contributed by atoms with Crippen LogP contribution in [0.25, 0.3) is 0 Å². The first-order valence-corrected chi connectivity index (χ1v) is 5.64. The van der Waals surface area contributed by atoms with E-state index in [1.807, 2.05) is 20.8 Å². The molecule has 16 heavy (non-hydrogen) atoms. The molecule has 1 aromatic rings. The lowest BCUT2D eigenvalue weighted by molar-refractivity contribution is 0.158. The van der Waals surface area contributed by atoms with Gasteiger partial charge >= 0.3 is 0 Å². The van der Waals surface area contributed by atoms with Crippen molar-refractivity contribution < 1.29 is 4.74 Å². The van der Waals surface area contributed by atoms with Gasteiger partial charge in [0.1, 0.15) is 17.3 Å². The van der Waals surface area contributed by atoms with E-state index in [4.69, 9.17) is 16.3 Å². The molecule has 0 atom stereocenters. The van der Waals surface area contributed by atoms with Crippen LogP contribution in [0.15, 0.2) is 6.33 Å². The van der Waals surface area contributed by atoms with Gasteiger partial charge in [0.15, 0.2) is 0 Å². The number of ether oxygens (including phenoxy) is 1. The molecule has 0 bridgehead atoms. The Hall–Kier alpha value is -0.870. The van der Waals surface area contributed by atoms with E-state index in [0.717, 1.165) is 17.8 Å². The van der Waals surface area contributed by atoms with Crippen molar-refractivity contribution in [3.8, 4) is 0 Å². The highest BCUT2D eigenvalue weighted by Crippen LogP contribution is 2.23. The third kappa shape index (κ3) is 3.32. The van der Waals surface area contributed by atoms with Crippen LogP contribution in [0.2, 0.25) is 5.15 Å². The van der Waals surface area contributed by atoms with Crippen LogP contribution in [0, 0.1) is 0 Å². The van der Waals surface area contributed by atoms with E-state index in [-0.39, 0.29) is 5.54 Å². The van der Waals surface area contributed by atoms with E-state index >= 15 is 0 Å². The lowest BCUT2D eigenvalue weighted by Gasteiger charge is -2.27. The summed E-state index contributed by atoms with van der Waals surface area (Å²) >= 11 is 6.01. The van der Waals surface area contributed by atoms with Crippen LogP contribution in [0.4, 0.5) is 5.82 Å². The Morgan fingerprint density at radius 2 is 2.12 bits per heavy atom. The van der Waals surface area contributed by atoms with Gasteiger partial charge in [0, 0.05) is 12.7 Å². The average molecular weight is 244 g/mol. The molecule has 1 heterocycles. The summed E-state index contributed by atoms with van der Waals surface area (Å²) in [5.74, 6) is 0.782. The molecule has 0 amide bonds. The number of aromatic nitrogens is 2. The number of nitrogens with one attached hydrogen (secondary N) is 1. The van der Waals surface area contributed by atoms with Crippen LogP contribution >= 0.6 is 11.6 Å². The molecule has 90 valence electrons. The first-order valence-electron chi connectivity index (χ1n) is 5.26. The summed E-state index contributed by atoms with van der Waals surface area (Å²) in [6.07, 6.45) is 2.26. The maximum Gasteiger partial charge on any atom is 0.137 e. The van der Waals surface area contributed by atoms with Crippen molar-refractivity contribution in [1.82, 2.24) is 9.97 Å². The van der Waals surface area contributed by atoms with Crippen molar-refractivity contribution in [3.63, 3.8) is 0 Å². The van der Waals surface area contributed by atoms with Crippen molar-refractivity contribution in [2.45, 2.75) is 32.7 Å². The summed E-state index contributed by atoms with van der Waals surface area (Å²) in [7, 11) is 1.68. The fraction of sp³-hybridized carbons (Fsp3) is 0.636. The zero-order chi connectivity index (χ0) is 12.2. The molecule has 0 fully saturated rings. The second-order valence-electron chi connectivity index (χ2n) is 4.29. The van der Waals surface area contributed by atoms with Crippen molar-refractivity contribution in [2.75, 3.05) is 19.0 Å². The summed E-state index contributed by atoms with van der Waals surface area (Å²) in [5.41, 5.74) is 0.754.